The molecule has 2 saturated heterocycles. The van der Waals surface area contributed by atoms with E-state index in [0.29, 0.717) is 19.1 Å². The van der Waals surface area contributed by atoms with Gasteiger partial charge in [-0.25, -0.2) is 0 Å². The van der Waals surface area contributed by atoms with Crippen LogP contribution < -0.4 is 4.90 Å². The van der Waals surface area contributed by atoms with E-state index in [1.165, 1.54) is 19.3 Å². The lowest BCUT2D eigenvalue weighted by atomic mass is 10.1. The van der Waals surface area contributed by atoms with Gasteiger partial charge in [0.05, 0.1) is 12.6 Å². The van der Waals surface area contributed by atoms with E-state index in [0.717, 1.165) is 55.5 Å². The van der Waals surface area contributed by atoms with Gasteiger partial charge in [-0.3, -0.25) is 9.69 Å². The summed E-state index contributed by atoms with van der Waals surface area (Å²) < 4.78 is 2.23. The summed E-state index contributed by atoms with van der Waals surface area (Å²) in [5, 5.41) is 8.92. The number of likely N-dealkylation sites (tertiary alicyclic amines) is 1. The highest BCUT2D eigenvalue weighted by atomic mass is 16.2. The summed E-state index contributed by atoms with van der Waals surface area (Å²) in [5.74, 6) is 2.07. The number of benzene rings is 1. The van der Waals surface area contributed by atoms with Gasteiger partial charge in [0.1, 0.15) is 0 Å². The maximum atomic E-state index is 13.1. The number of aromatic nitrogens is 3. The number of carbonyl (C=O) groups is 1. The molecule has 2 fully saturated rings. The molecule has 2 aromatic rings. The highest BCUT2D eigenvalue weighted by molar-refractivity contribution is 5.95. The molecule has 0 spiro atoms. The lowest BCUT2D eigenvalue weighted by molar-refractivity contribution is 0.0705. The highest BCUT2D eigenvalue weighted by Crippen LogP contribution is 2.31. The molecule has 4 heterocycles. The molecule has 148 valence electrons. The van der Waals surface area contributed by atoms with Gasteiger partial charge in [0.2, 0.25) is 0 Å². The van der Waals surface area contributed by atoms with E-state index in [9.17, 15) is 4.79 Å². The average Bonchev–Trinajstić information content (AvgIpc) is 3.47. The van der Waals surface area contributed by atoms with Crippen molar-refractivity contribution < 1.29 is 4.79 Å². The van der Waals surface area contributed by atoms with Crippen molar-refractivity contribution in [3.8, 4) is 0 Å². The number of fused-ring (bicyclic) bond motifs is 1. The van der Waals surface area contributed by atoms with E-state index in [-0.39, 0.29) is 5.91 Å². The fourth-order valence-corrected chi connectivity index (χ4v) is 4.83. The molecule has 1 atom stereocenters. The molecule has 0 radical (unpaired) electrons. The molecule has 0 bridgehead atoms. The third-order valence-corrected chi connectivity index (χ3v) is 6.45. The smallest absolute Gasteiger partial charge is 0.254 e. The first-order valence-electron chi connectivity index (χ1n) is 10.5. The Bertz CT molecular complexity index is 872. The second kappa shape index (κ2) is 7.20. The van der Waals surface area contributed by atoms with Crippen molar-refractivity contribution in [1.82, 2.24) is 24.6 Å². The van der Waals surface area contributed by atoms with Crippen LogP contribution >= 0.6 is 0 Å². The van der Waals surface area contributed by atoms with Crippen molar-refractivity contribution in [2.45, 2.75) is 44.8 Å². The average molecular weight is 380 g/mol. The van der Waals surface area contributed by atoms with Gasteiger partial charge < -0.3 is 14.4 Å². The summed E-state index contributed by atoms with van der Waals surface area (Å²) in [6.45, 7) is 5.31. The Balaban J connectivity index is 1.33. The lowest BCUT2D eigenvalue weighted by Gasteiger charge is -2.29. The number of nitrogens with zero attached hydrogens (tertiary/aromatic N) is 6. The monoisotopic (exact) mass is 380 g/mol. The maximum absolute atomic E-state index is 13.1. The fourth-order valence-electron chi connectivity index (χ4n) is 4.83. The molecule has 3 aliphatic rings. The minimum absolute atomic E-state index is 0.0924. The molecule has 0 N–H and O–H groups in total. The zero-order valence-corrected chi connectivity index (χ0v) is 16.5. The predicted molar refractivity (Wildman–Crippen MR) is 107 cm³/mol. The van der Waals surface area contributed by atoms with Gasteiger partial charge in [0.15, 0.2) is 11.6 Å². The Morgan fingerprint density at radius 2 is 1.89 bits per heavy atom. The first-order valence-corrected chi connectivity index (χ1v) is 10.5. The van der Waals surface area contributed by atoms with Gasteiger partial charge >= 0.3 is 0 Å². The first-order chi connectivity index (χ1) is 13.7. The number of carbonyl (C=O) groups excluding carboxylic acids is 1. The normalized spacial score (nSPS) is 22.7. The van der Waals surface area contributed by atoms with Gasteiger partial charge in [-0.05, 0) is 57.5 Å². The van der Waals surface area contributed by atoms with Crippen LogP contribution in [0.4, 0.5) is 5.69 Å². The van der Waals surface area contributed by atoms with E-state index in [2.05, 4.69) is 37.7 Å². The minimum atomic E-state index is 0.0924. The topological polar surface area (TPSA) is 57.5 Å². The van der Waals surface area contributed by atoms with Gasteiger partial charge in [0, 0.05) is 37.4 Å². The number of amides is 1. The van der Waals surface area contributed by atoms with Gasteiger partial charge in [-0.2, -0.15) is 0 Å². The number of anilines is 1. The summed E-state index contributed by atoms with van der Waals surface area (Å²) in [4.78, 5) is 19.8. The molecule has 1 amide bonds. The third-order valence-electron chi connectivity index (χ3n) is 6.45. The van der Waals surface area contributed by atoms with Crippen LogP contribution in [0.1, 0.15) is 53.7 Å². The second-order valence-electron chi connectivity index (χ2n) is 8.24. The van der Waals surface area contributed by atoms with E-state index in [1.807, 2.05) is 23.1 Å². The van der Waals surface area contributed by atoms with Crippen LogP contribution in [-0.4, -0.2) is 63.7 Å². The van der Waals surface area contributed by atoms with E-state index >= 15 is 0 Å². The number of hydrogen-bond donors (Lipinski definition) is 0. The van der Waals surface area contributed by atoms with Crippen LogP contribution in [0.25, 0.3) is 0 Å². The van der Waals surface area contributed by atoms with E-state index in [1.54, 1.807) is 0 Å². The van der Waals surface area contributed by atoms with Gasteiger partial charge in [-0.15, -0.1) is 10.2 Å². The lowest BCUT2D eigenvalue weighted by Crippen LogP contribution is -2.39. The molecule has 7 nitrogen and oxygen atoms in total. The molecule has 28 heavy (non-hydrogen) atoms. The molecule has 5 rings (SSSR count). The van der Waals surface area contributed by atoms with Crippen molar-refractivity contribution in [3.63, 3.8) is 0 Å². The van der Waals surface area contributed by atoms with Gasteiger partial charge in [-0.1, -0.05) is 6.07 Å². The molecule has 0 aliphatic carbocycles. The zero-order valence-electron chi connectivity index (χ0n) is 16.5. The second-order valence-corrected chi connectivity index (χ2v) is 8.24. The molecule has 3 aliphatic heterocycles. The standard InChI is InChI=1S/C21H28N6O/c1-24-9-5-8-18(24)20-23-22-19-15-26(12-13-27(19)20)21(28)16-6-4-7-17(14-16)25-10-2-3-11-25/h4,6-7,14,18H,2-3,5,8-13,15H2,1H3. The number of hydrogen-bond acceptors (Lipinski definition) is 5. The van der Waals surface area contributed by atoms with Crippen LogP contribution in [0, 0.1) is 0 Å². The summed E-state index contributed by atoms with van der Waals surface area (Å²) >= 11 is 0. The van der Waals surface area contributed by atoms with Crippen LogP contribution in [0.5, 0.6) is 0 Å². The Morgan fingerprint density at radius 3 is 2.68 bits per heavy atom. The first kappa shape index (κ1) is 17.7. The Kier molecular flexibility index (Phi) is 4.55. The largest absolute Gasteiger partial charge is 0.372 e. The molecule has 1 aromatic carbocycles. The summed E-state index contributed by atoms with van der Waals surface area (Å²) in [6, 6.07) is 8.45. The van der Waals surface area contributed by atoms with Crippen molar-refractivity contribution in [2.75, 3.05) is 38.1 Å². The molecule has 0 saturated carbocycles. The molecular weight excluding hydrogens is 352 g/mol. The summed E-state index contributed by atoms with van der Waals surface area (Å²) in [6.07, 6.45) is 4.82. The Labute approximate surface area is 165 Å². The minimum Gasteiger partial charge on any atom is -0.372 e. The zero-order chi connectivity index (χ0) is 19.1. The summed E-state index contributed by atoms with van der Waals surface area (Å²) in [5.41, 5.74) is 1.93. The molecule has 1 unspecified atom stereocenters. The van der Waals surface area contributed by atoms with Crippen molar-refractivity contribution >= 4 is 11.6 Å². The van der Waals surface area contributed by atoms with Crippen molar-refractivity contribution in [3.05, 3.63) is 41.5 Å². The van der Waals surface area contributed by atoms with Crippen LogP contribution in [-0.2, 0) is 13.1 Å². The van der Waals surface area contributed by atoms with E-state index in [4.69, 9.17) is 0 Å². The quantitative estimate of drug-likeness (QED) is 0.818. The summed E-state index contributed by atoms with van der Waals surface area (Å²) in [7, 11) is 2.16. The maximum Gasteiger partial charge on any atom is 0.254 e. The van der Waals surface area contributed by atoms with E-state index < -0.39 is 0 Å². The van der Waals surface area contributed by atoms with Gasteiger partial charge in [0.25, 0.3) is 5.91 Å². The van der Waals surface area contributed by atoms with Crippen LogP contribution in [0.2, 0.25) is 0 Å². The molecule has 1 aromatic heterocycles. The fraction of sp³-hybridized carbons (Fsp3) is 0.571. The van der Waals surface area contributed by atoms with Crippen molar-refractivity contribution in [1.29, 1.82) is 0 Å². The molecular formula is C21H28N6O. The van der Waals surface area contributed by atoms with Crippen LogP contribution in [0.15, 0.2) is 24.3 Å². The van der Waals surface area contributed by atoms with Crippen LogP contribution in [0.3, 0.4) is 0 Å². The third kappa shape index (κ3) is 3.07. The SMILES string of the molecule is CN1CCCC1c1nnc2n1CCN(C(=O)c1cccc(N3CCCC3)c1)C2. The Morgan fingerprint density at radius 1 is 1.04 bits per heavy atom. The predicted octanol–water partition coefficient (Wildman–Crippen LogP) is 2.30. The number of rotatable bonds is 3. The van der Waals surface area contributed by atoms with Crippen molar-refractivity contribution in [2.24, 2.45) is 0 Å². The Hall–Kier alpha value is -2.41. The highest BCUT2D eigenvalue weighted by Gasteiger charge is 2.31. The molecule has 7 heteroatoms.